The van der Waals surface area contributed by atoms with Crippen LogP contribution in [0.15, 0.2) is 12.1 Å². The van der Waals surface area contributed by atoms with Crippen molar-refractivity contribution in [3.8, 4) is 11.5 Å². The van der Waals surface area contributed by atoms with Crippen molar-refractivity contribution in [3.05, 3.63) is 23.3 Å². The van der Waals surface area contributed by atoms with Crippen LogP contribution < -0.4 is 9.47 Å². The van der Waals surface area contributed by atoms with Gasteiger partial charge in [-0.1, -0.05) is 25.7 Å². The lowest BCUT2D eigenvalue weighted by Gasteiger charge is -2.14. The van der Waals surface area contributed by atoms with Crippen LogP contribution in [0.4, 0.5) is 0 Å². The molecule has 1 aromatic carbocycles. The number of hydrogen-bond donors (Lipinski definition) is 0. The number of nitrogens with zero attached hydrogens (tertiary/aromatic N) is 2. The largest absolute Gasteiger partial charge is 0.493 e. The number of carbonyl (C=O) groups excluding carboxylic acids is 2. The molecule has 0 fully saturated rings. The Morgan fingerprint density at radius 3 is 1.33 bits per heavy atom. The van der Waals surface area contributed by atoms with Gasteiger partial charge in [-0.15, -0.1) is 0 Å². The van der Waals surface area contributed by atoms with Crippen LogP contribution >= 0.6 is 0 Å². The van der Waals surface area contributed by atoms with Crippen molar-refractivity contribution in [1.82, 2.24) is 9.80 Å². The fraction of sp³-hybridized carbons (Fsp3) is 0.667. The number of carbonyl (C=O) groups is 2. The zero-order valence-corrected chi connectivity index (χ0v) is 19.3. The molecule has 0 aliphatic carbocycles. The Labute approximate surface area is 182 Å². The second-order valence-electron chi connectivity index (χ2n) is 8.30. The number of benzene rings is 1. The Morgan fingerprint density at radius 1 is 0.633 bits per heavy atom. The van der Waals surface area contributed by atoms with E-state index in [-0.39, 0.29) is 0 Å². The summed E-state index contributed by atoms with van der Waals surface area (Å²) in [5.41, 5.74) is 0.850. The molecule has 0 amide bonds. The molecule has 6 heteroatoms. The quantitative estimate of drug-likeness (QED) is 0.260. The van der Waals surface area contributed by atoms with Gasteiger partial charge < -0.3 is 19.3 Å². The number of ether oxygens (including phenoxy) is 2. The lowest BCUT2D eigenvalue weighted by molar-refractivity contribution is 0.110. The van der Waals surface area contributed by atoms with E-state index < -0.39 is 0 Å². The van der Waals surface area contributed by atoms with Crippen LogP contribution in [0.25, 0.3) is 0 Å². The molecule has 0 saturated carbocycles. The smallest absolute Gasteiger partial charge is 0.153 e. The van der Waals surface area contributed by atoms with E-state index in [1.165, 1.54) is 12.8 Å². The monoisotopic (exact) mass is 420 g/mol. The predicted octanol–water partition coefficient (Wildman–Crippen LogP) is 4.31. The van der Waals surface area contributed by atoms with Crippen LogP contribution in [0.1, 0.15) is 72.1 Å². The number of rotatable bonds is 18. The minimum absolute atomic E-state index is 0.425. The van der Waals surface area contributed by atoms with Crippen LogP contribution in [-0.4, -0.2) is 76.9 Å². The SMILES string of the molecule is CN(C)CCCCCCOc1cc(C=O)c(OCCCCCCN(C)C)cc1C=O. The highest BCUT2D eigenvalue weighted by Crippen LogP contribution is 2.27. The molecule has 0 radical (unpaired) electrons. The standard InChI is InChI=1S/C24H40N2O4/c1-25(2)13-9-5-7-11-15-29-23-17-22(20-28)24(18-21(23)19-27)30-16-12-8-6-10-14-26(3)4/h17-20H,5-16H2,1-4H3. The fourth-order valence-electron chi connectivity index (χ4n) is 3.16. The molecule has 6 nitrogen and oxygen atoms in total. The van der Waals surface area contributed by atoms with E-state index in [1.807, 2.05) is 0 Å². The highest BCUT2D eigenvalue weighted by Gasteiger charge is 2.12. The van der Waals surface area contributed by atoms with Gasteiger partial charge in [-0.25, -0.2) is 0 Å². The van der Waals surface area contributed by atoms with Crippen molar-refractivity contribution in [2.45, 2.75) is 51.4 Å². The maximum absolute atomic E-state index is 11.5. The first-order valence-electron chi connectivity index (χ1n) is 11.1. The second kappa shape index (κ2) is 15.9. The Balaban J connectivity index is 2.44. The summed E-state index contributed by atoms with van der Waals surface area (Å²) < 4.78 is 11.6. The van der Waals surface area contributed by atoms with Crippen molar-refractivity contribution >= 4 is 12.6 Å². The average molecular weight is 421 g/mol. The molecule has 30 heavy (non-hydrogen) atoms. The van der Waals surface area contributed by atoms with Gasteiger partial charge in [0.2, 0.25) is 0 Å². The lowest BCUT2D eigenvalue weighted by Crippen LogP contribution is -2.12. The van der Waals surface area contributed by atoms with E-state index in [4.69, 9.17) is 9.47 Å². The van der Waals surface area contributed by atoms with Gasteiger partial charge in [0.1, 0.15) is 11.5 Å². The van der Waals surface area contributed by atoms with Gasteiger partial charge in [-0.05, 0) is 79.1 Å². The summed E-state index contributed by atoms with van der Waals surface area (Å²) in [5, 5.41) is 0. The molecule has 0 N–H and O–H groups in total. The number of unbranched alkanes of at least 4 members (excludes halogenated alkanes) is 6. The van der Waals surface area contributed by atoms with Crippen molar-refractivity contribution in [2.24, 2.45) is 0 Å². The number of aldehydes is 2. The molecular weight excluding hydrogens is 380 g/mol. The molecule has 0 spiro atoms. The maximum atomic E-state index is 11.5. The molecule has 0 saturated heterocycles. The van der Waals surface area contributed by atoms with Crippen LogP contribution in [-0.2, 0) is 0 Å². The summed E-state index contributed by atoms with van der Waals surface area (Å²) in [6.45, 7) is 3.26. The third-order valence-corrected chi connectivity index (χ3v) is 4.91. The van der Waals surface area contributed by atoms with Gasteiger partial charge in [0.15, 0.2) is 12.6 Å². The third-order valence-electron chi connectivity index (χ3n) is 4.91. The summed E-state index contributed by atoms with van der Waals surface area (Å²) in [7, 11) is 8.31. The summed E-state index contributed by atoms with van der Waals surface area (Å²) in [4.78, 5) is 27.3. The first-order chi connectivity index (χ1) is 14.5. The molecule has 0 aliphatic heterocycles. The summed E-state index contributed by atoms with van der Waals surface area (Å²) in [6.07, 6.45) is 10.2. The van der Waals surface area contributed by atoms with Crippen molar-refractivity contribution in [2.75, 3.05) is 54.5 Å². The number of hydrogen-bond acceptors (Lipinski definition) is 6. The van der Waals surface area contributed by atoms with Crippen LogP contribution in [0, 0.1) is 0 Å². The van der Waals surface area contributed by atoms with E-state index in [2.05, 4.69) is 38.0 Å². The highest BCUT2D eigenvalue weighted by atomic mass is 16.5. The molecular formula is C24H40N2O4. The predicted molar refractivity (Wildman–Crippen MR) is 122 cm³/mol. The van der Waals surface area contributed by atoms with E-state index in [1.54, 1.807) is 12.1 Å². The summed E-state index contributed by atoms with van der Waals surface area (Å²) >= 11 is 0. The van der Waals surface area contributed by atoms with Crippen LogP contribution in [0.5, 0.6) is 11.5 Å². The molecule has 1 aromatic rings. The fourth-order valence-corrected chi connectivity index (χ4v) is 3.16. The molecule has 0 aromatic heterocycles. The van der Waals surface area contributed by atoms with Crippen LogP contribution in [0.3, 0.4) is 0 Å². The first-order valence-corrected chi connectivity index (χ1v) is 11.1. The van der Waals surface area contributed by atoms with E-state index in [9.17, 15) is 9.59 Å². The molecule has 0 unspecified atom stereocenters. The van der Waals surface area contributed by atoms with Gasteiger partial charge in [0.25, 0.3) is 0 Å². The van der Waals surface area contributed by atoms with Gasteiger partial charge in [0.05, 0.1) is 24.3 Å². The summed E-state index contributed by atoms with van der Waals surface area (Å²) in [5.74, 6) is 0.910. The van der Waals surface area contributed by atoms with Gasteiger partial charge >= 0.3 is 0 Å². The maximum Gasteiger partial charge on any atom is 0.153 e. The van der Waals surface area contributed by atoms with Gasteiger partial charge in [0, 0.05) is 0 Å². The molecule has 0 aliphatic rings. The summed E-state index contributed by atoms with van der Waals surface area (Å²) in [6, 6.07) is 3.24. The Hall–Kier alpha value is -1.92. The van der Waals surface area contributed by atoms with E-state index in [0.717, 1.165) is 64.2 Å². The van der Waals surface area contributed by atoms with Crippen molar-refractivity contribution in [1.29, 1.82) is 0 Å². The van der Waals surface area contributed by atoms with E-state index in [0.29, 0.717) is 35.8 Å². The molecule has 0 atom stereocenters. The van der Waals surface area contributed by atoms with Gasteiger partial charge in [-0.3, -0.25) is 9.59 Å². The van der Waals surface area contributed by atoms with Crippen LogP contribution in [0.2, 0.25) is 0 Å². The molecule has 170 valence electrons. The normalized spacial score (nSPS) is 11.1. The minimum Gasteiger partial charge on any atom is -0.493 e. The average Bonchev–Trinajstić information content (AvgIpc) is 2.71. The lowest BCUT2D eigenvalue weighted by atomic mass is 10.1. The first kappa shape index (κ1) is 26.1. The Morgan fingerprint density at radius 2 is 1.00 bits per heavy atom. The molecule has 1 rings (SSSR count). The highest BCUT2D eigenvalue weighted by molar-refractivity contribution is 5.87. The molecule has 0 heterocycles. The van der Waals surface area contributed by atoms with Crippen molar-refractivity contribution < 1.29 is 19.1 Å². The van der Waals surface area contributed by atoms with Crippen molar-refractivity contribution in [3.63, 3.8) is 0 Å². The Bertz CT molecular complexity index is 564. The van der Waals surface area contributed by atoms with Gasteiger partial charge in [-0.2, -0.15) is 0 Å². The third kappa shape index (κ3) is 11.3. The second-order valence-corrected chi connectivity index (χ2v) is 8.30. The zero-order valence-electron chi connectivity index (χ0n) is 19.3. The zero-order chi connectivity index (χ0) is 22.2. The topological polar surface area (TPSA) is 59.1 Å². The minimum atomic E-state index is 0.425. The van der Waals surface area contributed by atoms with E-state index >= 15 is 0 Å². The molecule has 0 bridgehead atoms. The Kier molecular flexibility index (Phi) is 13.8.